The van der Waals surface area contributed by atoms with Gasteiger partial charge < -0.3 is 10.1 Å². The van der Waals surface area contributed by atoms with Crippen LogP contribution in [0.15, 0.2) is 18.2 Å². The van der Waals surface area contributed by atoms with Gasteiger partial charge >= 0.3 is 0 Å². The van der Waals surface area contributed by atoms with Crippen molar-refractivity contribution in [3.8, 4) is 5.75 Å². The smallest absolute Gasteiger partial charge is 0.122 e. The van der Waals surface area contributed by atoms with Gasteiger partial charge in [-0.25, -0.2) is 4.98 Å². The van der Waals surface area contributed by atoms with Gasteiger partial charge in [-0.05, 0) is 50.9 Å². The molecule has 2 aromatic rings. The summed E-state index contributed by atoms with van der Waals surface area (Å²) in [6.07, 6.45) is 3.22. The topological polar surface area (TPSA) is 34.1 Å². The zero-order chi connectivity index (χ0) is 14.8. The van der Waals surface area contributed by atoms with Crippen LogP contribution in [0.4, 0.5) is 0 Å². The summed E-state index contributed by atoms with van der Waals surface area (Å²) in [7, 11) is 2.04. The molecule has 1 aromatic heterocycles. The lowest BCUT2D eigenvalue weighted by atomic mass is 10.0. The second kappa shape index (κ2) is 6.16. The van der Waals surface area contributed by atoms with Crippen molar-refractivity contribution in [1.29, 1.82) is 0 Å². The van der Waals surface area contributed by atoms with E-state index in [-0.39, 0.29) is 0 Å². The SMILES string of the molecule is CNC(CCc1ccc2c(c1)CCO2)c1sc(C)nc1C. The van der Waals surface area contributed by atoms with E-state index in [2.05, 4.69) is 42.3 Å². The number of ether oxygens (including phenoxy) is 1. The van der Waals surface area contributed by atoms with E-state index < -0.39 is 0 Å². The van der Waals surface area contributed by atoms with Gasteiger partial charge in [0.2, 0.25) is 0 Å². The third-order valence-electron chi connectivity index (χ3n) is 4.08. The Morgan fingerprint density at radius 3 is 2.95 bits per heavy atom. The summed E-state index contributed by atoms with van der Waals surface area (Å²) >= 11 is 1.81. The molecule has 0 saturated carbocycles. The zero-order valence-corrected chi connectivity index (χ0v) is 13.7. The largest absolute Gasteiger partial charge is 0.493 e. The Bertz CT molecular complexity index is 636. The molecule has 0 aliphatic carbocycles. The van der Waals surface area contributed by atoms with E-state index in [0.29, 0.717) is 6.04 Å². The van der Waals surface area contributed by atoms with E-state index in [4.69, 9.17) is 4.74 Å². The Morgan fingerprint density at radius 2 is 2.24 bits per heavy atom. The number of fused-ring (bicyclic) bond motifs is 1. The lowest BCUT2D eigenvalue weighted by Gasteiger charge is -2.15. The molecular weight excluding hydrogens is 280 g/mol. The summed E-state index contributed by atoms with van der Waals surface area (Å²) in [6, 6.07) is 7.01. The quantitative estimate of drug-likeness (QED) is 0.916. The zero-order valence-electron chi connectivity index (χ0n) is 12.9. The average Bonchev–Trinajstić information content (AvgIpc) is 3.05. The Labute approximate surface area is 130 Å². The van der Waals surface area contributed by atoms with Crippen molar-refractivity contribution < 1.29 is 4.74 Å². The number of rotatable bonds is 5. The van der Waals surface area contributed by atoms with Gasteiger partial charge in [0.05, 0.1) is 17.3 Å². The van der Waals surface area contributed by atoms with Crippen molar-refractivity contribution in [2.24, 2.45) is 0 Å². The molecule has 0 fully saturated rings. The van der Waals surface area contributed by atoms with Crippen molar-refractivity contribution in [2.45, 2.75) is 39.2 Å². The summed E-state index contributed by atoms with van der Waals surface area (Å²) < 4.78 is 5.57. The number of hydrogen-bond acceptors (Lipinski definition) is 4. The molecule has 112 valence electrons. The third kappa shape index (κ3) is 3.11. The van der Waals surface area contributed by atoms with Crippen molar-refractivity contribution >= 4 is 11.3 Å². The molecule has 1 aliphatic rings. The first kappa shape index (κ1) is 14.5. The molecule has 3 nitrogen and oxygen atoms in total. The lowest BCUT2D eigenvalue weighted by molar-refractivity contribution is 0.357. The molecule has 2 heterocycles. The first-order chi connectivity index (χ1) is 10.2. The lowest BCUT2D eigenvalue weighted by Crippen LogP contribution is -2.17. The van der Waals surface area contributed by atoms with Gasteiger partial charge in [-0.15, -0.1) is 11.3 Å². The highest BCUT2D eigenvalue weighted by Gasteiger charge is 2.17. The fraction of sp³-hybridized carbons (Fsp3) is 0.471. The van der Waals surface area contributed by atoms with Crippen LogP contribution >= 0.6 is 11.3 Å². The summed E-state index contributed by atoms with van der Waals surface area (Å²) in [4.78, 5) is 5.92. The molecule has 3 rings (SSSR count). The molecule has 1 atom stereocenters. The Morgan fingerprint density at radius 1 is 1.38 bits per heavy atom. The van der Waals surface area contributed by atoms with Crippen LogP contribution in [0, 0.1) is 13.8 Å². The Balaban J connectivity index is 1.69. The minimum Gasteiger partial charge on any atom is -0.493 e. The molecule has 0 saturated heterocycles. The molecule has 0 spiro atoms. The Kier molecular flexibility index (Phi) is 4.27. The predicted molar refractivity (Wildman–Crippen MR) is 87.4 cm³/mol. The fourth-order valence-corrected chi connectivity index (χ4v) is 4.06. The van der Waals surface area contributed by atoms with Gasteiger partial charge in [0.25, 0.3) is 0 Å². The Hall–Kier alpha value is -1.39. The van der Waals surface area contributed by atoms with E-state index in [9.17, 15) is 0 Å². The average molecular weight is 302 g/mol. The summed E-state index contributed by atoms with van der Waals surface area (Å²) in [5, 5.41) is 4.59. The molecule has 21 heavy (non-hydrogen) atoms. The van der Waals surface area contributed by atoms with Crippen LogP contribution in [-0.4, -0.2) is 18.6 Å². The van der Waals surface area contributed by atoms with Crippen LogP contribution in [0.1, 0.15) is 39.2 Å². The highest BCUT2D eigenvalue weighted by atomic mass is 32.1. The van der Waals surface area contributed by atoms with Crippen LogP contribution in [0.5, 0.6) is 5.75 Å². The van der Waals surface area contributed by atoms with Gasteiger partial charge in [-0.2, -0.15) is 0 Å². The minimum absolute atomic E-state index is 0.390. The van der Waals surface area contributed by atoms with Crippen molar-refractivity contribution in [1.82, 2.24) is 10.3 Å². The van der Waals surface area contributed by atoms with Crippen molar-refractivity contribution in [2.75, 3.05) is 13.7 Å². The second-order valence-corrected chi connectivity index (χ2v) is 6.84. The molecular formula is C17H22N2OS. The number of aryl methyl sites for hydroxylation is 3. The molecule has 1 aromatic carbocycles. The van der Waals surface area contributed by atoms with Gasteiger partial charge in [0.1, 0.15) is 5.75 Å². The number of nitrogens with zero attached hydrogens (tertiary/aromatic N) is 1. The normalized spacial score (nSPS) is 14.8. The van der Waals surface area contributed by atoms with E-state index in [1.807, 2.05) is 18.4 Å². The van der Waals surface area contributed by atoms with Crippen LogP contribution in [0.2, 0.25) is 0 Å². The maximum absolute atomic E-state index is 5.57. The molecule has 0 radical (unpaired) electrons. The molecule has 1 unspecified atom stereocenters. The third-order valence-corrected chi connectivity index (χ3v) is 5.27. The fourth-order valence-electron chi connectivity index (χ4n) is 2.98. The van der Waals surface area contributed by atoms with E-state index in [1.54, 1.807) is 0 Å². The van der Waals surface area contributed by atoms with E-state index in [0.717, 1.165) is 36.6 Å². The van der Waals surface area contributed by atoms with Crippen molar-refractivity contribution in [3.05, 3.63) is 44.9 Å². The van der Waals surface area contributed by atoms with E-state index >= 15 is 0 Å². The van der Waals surface area contributed by atoms with E-state index in [1.165, 1.54) is 21.7 Å². The number of benzene rings is 1. The summed E-state index contributed by atoms with van der Waals surface area (Å²) in [5.41, 5.74) is 3.93. The van der Waals surface area contributed by atoms with Gasteiger partial charge in [-0.3, -0.25) is 0 Å². The summed E-state index contributed by atoms with van der Waals surface area (Å²) in [5.74, 6) is 1.07. The number of nitrogens with one attached hydrogen (secondary N) is 1. The van der Waals surface area contributed by atoms with Gasteiger partial charge in [0.15, 0.2) is 0 Å². The van der Waals surface area contributed by atoms with Crippen LogP contribution in [0.25, 0.3) is 0 Å². The molecule has 1 N–H and O–H groups in total. The summed E-state index contributed by atoms with van der Waals surface area (Å²) in [6.45, 7) is 5.02. The second-order valence-electron chi connectivity index (χ2n) is 5.60. The maximum atomic E-state index is 5.57. The van der Waals surface area contributed by atoms with Gasteiger partial charge in [0, 0.05) is 17.3 Å². The standard InChI is InChI=1S/C17H22N2OS/c1-11-17(21-12(2)19-11)15(18-3)6-4-13-5-7-16-14(10-13)8-9-20-16/h5,7,10,15,18H,4,6,8-9H2,1-3H3. The molecule has 0 amide bonds. The molecule has 4 heteroatoms. The maximum Gasteiger partial charge on any atom is 0.122 e. The number of aromatic nitrogens is 1. The highest BCUT2D eigenvalue weighted by molar-refractivity contribution is 7.11. The monoisotopic (exact) mass is 302 g/mol. The minimum atomic E-state index is 0.390. The molecule has 0 bridgehead atoms. The number of hydrogen-bond donors (Lipinski definition) is 1. The van der Waals surface area contributed by atoms with Crippen LogP contribution in [0.3, 0.4) is 0 Å². The molecule has 1 aliphatic heterocycles. The van der Waals surface area contributed by atoms with Crippen LogP contribution in [-0.2, 0) is 12.8 Å². The van der Waals surface area contributed by atoms with Gasteiger partial charge in [-0.1, -0.05) is 12.1 Å². The number of thiazole rings is 1. The predicted octanol–water partition coefficient (Wildman–Crippen LogP) is 3.59. The first-order valence-electron chi connectivity index (χ1n) is 7.53. The van der Waals surface area contributed by atoms with Crippen molar-refractivity contribution in [3.63, 3.8) is 0 Å². The first-order valence-corrected chi connectivity index (χ1v) is 8.35. The highest BCUT2D eigenvalue weighted by Crippen LogP contribution is 2.30. The van der Waals surface area contributed by atoms with Crippen LogP contribution < -0.4 is 10.1 Å².